The van der Waals surface area contributed by atoms with Crippen molar-refractivity contribution in [3.63, 3.8) is 0 Å². The molecule has 0 spiro atoms. The predicted octanol–water partition coefficient (Wildman–Crippen LogP) is 7.52. The van der Waals surface area contributed by atoms with Gasteiger partial charge in [-0.05, 0) is 96.0 Å². The van der Waals surface area contributed by atoms with Crippen molar-refractivity contribution < 1.29 is 40.3 Å². The molecule has 1 amide bonds. The Morgan fingerprint density at radius 3 is 2.42 bits per heavy atom. The van der Waals surface area contributed by atoms with E-state index in [1.54, 1.807) is 19.5 Å². The van der Waals surface area contributed by atoms with E-state index in [0.29, 0.717) is 43.4 Å². The smallest absolute Gasteiger partial charge is 0.411 e. The zero-order valence-electron chi connectivity index (χ0n) is 25.8. The van der Waals surface area contributed by atoms with Crippen LogP contribution in [0.2, 0.25) is 0 Å². The summed E-state index contributed by atoms with van der Waals surface area (Å²) in [7, 11) is 0. The molecule has 0 aliphatic heterocycles. The van der Waals surface area contributed by atoms with Gasteiger partial charge in [0.05, 0.1) is 11.6 Å². The summed E-state index contributed by atoms with van der Waals surface area (Å²) in [5, 5.41) is 11.3. The fraction of sp³-hybridized carbons (Fsp3) is 0.719. The first-order chi connectivity index (χ1) is 18.5. The Morgan fingerprint density at radius 1 is 1.27 bits per heavy atom. The Balaban J connectivity index is 0.000000412. The number of aromatic amines is 1. The first-order valence-corrected chi connectivity index (χ1v) is 15.1. The van der Waals surface area contributed by atoms with Crippen LogP contribution in [-0.2, 0) is 4.79 Å². The van der Waals surface area contributed by atoms with Crippen LogP contribution in [0.25, 0.3) is 0 Å². The number of aryl methyl sites for hydroxylation is 1. The molecular weight excluding hydrogens is 727 g/mol. The zero-order chi connectivity index (χ0) is 29.0. The maximum Gasteiger partial charge on any atom is 2.00 e. The van der Waals surface area contributed by atoms with Gasteiger partial charge in [-0.3, -0.25) is 6.42 Å². The maximum absolute atomic E-state index is 13.7. The minimum atomic E-state index is -0.986. The third kappa shape index (κ3) is 13.3. The molecule has 2 unspecified atom stereocenters. The number of hydrogen-bond acceptors (Lipinski definition) is 4. The van der Waals surface area contributed by atoms with E-state index in [1.165, 1.54) is 36.8 Å². The van der Waals surface area contributed by atoms with Crippen LogP contribution in [0, 0.1) is 74.0 Å². The number of halogens is 1. The van der Waals surface area contributed by atoms with Crippen molar-refractivity contribution in [2.45, 2.75) is 124 Å². The molecule has 1 heterocycles. The monoisotopic (exact) mass is 781 g/mol. The fourth-order valence-electron chi connectivity index (χ4n) is 5.63. The molecule has 2 atom stereocenters. The molecule has 8 heteroatoms. The number of hydrogen-bond donors (Lipinski definition) is 4. The van der Waals surface area contributed by atoms with Gasteiger partial charge in [0, 0.05) is 18.0 Å². The number of nitrogens with one attached hydrogen (secondary N) is 3. The van der Waals surface area contributed by atoms with Crippen molar-refractivity contribution >= 4 is 11.6 Å². The van der Waals surface area contributed by atoms with E-state index in [1.807, 2.05) is 20.3 Å². The van der Waals surface area contributed by atoms with E-state index in [-0.39, 0.29) is 43.1 Å². The van der Waals surface area contributed by atoms with Crippen molar-refractivity contribution in [1.29, 1.82) is 5.41 Å². The summed E-state index contributed by atoms with van der Waals surface area (Å²) in [4.78, 5) is 19.0. The molecule has 224 valence electrons. The third-order valence-electron chi connectivity index (χ3n) is 8.16. The van der Waals surface area contributed by atoms with E-state index >= 15 is 0 Å². The molecule has 1 aromatic rings. The Morgan fingerprint density at radius 2 is 1.93 bits per heavy atom. The van der Waals surface area contributed by atoms with E-state index < -0.39 is 5.67 Å². The van der Waals surface area contributed by atoms with E-state index in [0.717, 1.165) is 43.1 Å². The van der Waals surface area contributed by atoms with Gasteiger partial charge in [-0.15, -0.1) is 13.0 Å². The standard InChI is InChI=1S/C20H34N2O.C12H20FN3.U/c1-5-7-17(11-10-16-8-9-16)20(15(3)4)18(21)12-13-19(23)22-14-6-2;1-8-15-7-10(16-8)11(14)9-3-5-12(2,13)6-4-9;/h6,13,16-17,21H,5,7-12,14H2,1-4H3,(H,22,23);7,9,11H,3-6,14H2,1-2H3,(H,15,16);/q-2;;+2. The van der Waals surface area contributed by atoms with Gasteiger partial charge in [0.1, 0.15) is 11.5 Å². The van der Waals surface area contributed by atoms with Gasteiger partial charge >= 0.3 is 31.1 Å². The second kappa shape index (κ2) is 18.4. The minimum absolute atomic E-state index is 0. The van der Waals surface area contributed by atoms with E-state index in [9.17, 15) is 9.18 Å². The average molecular weight is 782 g/mol. The number of aromatic nitrogens is 2. The summed E-state index contributed by atoms with van der Waals surface area (Å²) in [5.74, 6) is 2.61. The van der Waals surface area contributed by atoms with Crippen molar-refractivity contribution in [3.05, 3.63) is 41.7 Å². The van der Waals surface area contributed by atoms with Gasteiger partial charge in [-0.2, -0.15) is 6.92 Å². The summed E-state index contributed by atoms with van der Waals surface area (Å²) in [6.45, 7) is 12.5. The summed E-state index contributed by atoms with van der Waals surface area (Å²) in [6.07, 6.45) is 16.3. The second-order valence-corrected chi connectivity index (χ2v) is 12.2. The van der Waals surface area contributed by atoms with E-state index in [4.69, 9.17) is 11.1 Å². The number of rotatable bonds is 14. The number of alkyl halides is 1. The molecule has 0 bridgehead atoms. The van der Waals surface area contributed by atoms with Gasteiger partial charge in [-0.25, -0.2) is 9.37 Å². The summed E-state index contributed by atoms with van der Waals surface area (Å²) in [6, 6.07) is -0.0303. The number of H-pyrrole nitrogens is 1. The van der Waals surface area contributed by atoms with Gasteiger partial charge in [0.25, 0.3) is 0 Å². The Labute approximate surface area is 267 Å². The molecule has 0 saturated heterocycles. The Kier molecular flexibility index (Phi) is 17.0. The molecule has 40 heavy (non-hydrogen) atoms. The van der Waals surface area contributed by atoms with Crippen LogP contribution in [-0.4, -0.2) is 33.8 Å². The molecule has 0 radical (unpaired) electrons. The predicted molar refractivity (Wildman–Crippen MR) is 160 cm³/mol. The summed E-state index contributed by atoms with van der Waals surface area (Å²) >= 11 is 0. The molecule has 2 aliphatic carbocycles. The normalized spacial score (nSPS) is 21.6. The van der Waals surface area contributed by atoms with E-state index in [2.05, 4.69) is 36.1 Å². The van der Waals surface area contributed by atoms with Crippen LogP contribution in [0.1, 0.15) is 123 Å². The molecule has 2 aliphatic rings. The van der Waals surface area contributed by atoms with Crippen LogP contribution >= 0.6 is 0 Å². The molecule has 3 rings (SSSR count). The second-order valence-electron chi connectivity index (χ2n) is 12.2. The van der Waals surface area contributed by atoms with Crippen molar-refractivity contribution in [2.75, 3.05) is 6.54 Å². The summed E-state index contributed by atoms with van der Waals surface area (Å²) in [5.41, 5.74) is 9.22. The number of carbonyl (C=O) groups is 1. The van der Waals surface area contributed by atoms with Crippen LogP contribution in [0.15, 0.2) is 17.3 Å². The SMILES string of the molecule is C[CH-]CNC(=O)[CH-]CC(=N)C(=C(C)C)C(CCC)CCC1CC1.Cc1ncc(C(N)C2CCC(C)(F)CC2)[nH]1.[U+2]. The van der Waals surface area contributed by atoms with Crippen LogP contribution < -0.4 is 11.1 Å². The Hall–Kier alpha value is -1.10. The van der Waals surface area contributed by atoms with Crippen LogP contribution in [0.4, 0.5) is 4.39 Å². The Bertz CT molecular complexity index is 925. The first-order valence-electron chi connectivity index (χ1n) is 15.1. The van der Waals surface area contributed by atoms with Crippen LogP contribution in [0.5, 0.6) is 0 Å². The molecular formula is C32H54FN5OU. The molecule has 6 nitrogen and oxygen atoms in total. The van der Waals surface area contributed by atoms with Crippen molar-refractivity contribution in [2.24, 2.45) is 23.5 Å². The number of nitrogens with zero attached hydrogens (tertiary/aromatic N) is 1. The van der Waals surface area contributed by atoms with Crippen LogP contribution in [0.3, 0.4) is 0 Å². The topological polar surface area (TPSA) is 108 Å². The molecule has 2 saturated carbocycles. The number of allylic oxidation sites excluding steroid dienone is 2. The van der Waals surface area contributed by atoms with Crippen molar-refractivity contribution in [3.8, 4) is 0 Å². The summed E-state index contributed by atoms with van der Waals surface area (Å²) < 4.78 is 13.7. The maximum atomic E-state index is 13.7. The zero-order valence-corrected chi connectivity index (χ0v) is 30.0. The molecule has 5 N–H and O–H groups in total. The van der Waals surface area contributed by atoms with Gasteiger partial charge in [-0.1, -0.05) is 31.8 Å². The fourth-order valence-corrected chi connectivity index (χ4v) is 5.63. The molecule has 0 aromatic carbocycles. The largest absolute Gasteiger partial charge is 2.00 e. The van der Waals surface area contributed by atoms with Crippen molar-refractivity contribution in [1.82, 2.24) is 15.3 Å². The number of amides is 1. The average Bonchev–Trinajstić information content (AvgIpc) is 3.62. The number of nitrogens with two attached hydrogens (primary N) is 1. The number of carbonyl (C=O) groups excluding carboxylic acids is 1. The van der Waals surface area contributed by atoms with Gasteiger partial charge in [0.15, 0.2) is 0 Å². The first kappa shape index (κ1) is 36.9. The van der Waals surface area contributed by atoms with Gasteiger partial charge in [0.2, 0.25) is 0 Å². The quantitative estimate of drug-likeness (QED) is 0.116. The van der Waals surface area contributed by atoms with Gasteiger partial charge < -0.3 is 32.7 Å². The third-order valence-corrected chi connectivity index (χ3v) is 8.16. The minimum Gasteiger partial charge on any atom is -0.411 e. The number of imidazole rings is 1. The molecule has 2 fully saturated rings. The molecule has 1 aromatic heterocycles.